The molecule has 1 N–H and O–H groups in total. The molecule has 0 saturated carbocycles. The van der Waals surface area contributed by atoms with Crippen LogP contribution in [0.4, 0.5) is 17.3 Å². The minimum absolute atomic E-state index is 0.361. The maximum atomic E-state index is 6.63. The SMILES string of the molecule is C[C@H]1CC2(CCN(c3cnc(Sc4cccc(Nc5cnccn5)c4Cl)cn3)CC2)CO1. The van der Waals surface area contributed by atoms with Crippen LogP contribution in [0.2, 0.25) is 5.02 Å². The Morgan fingerprint density at radius 3 is 2.69 bits per heavy atom. The van der Waals surface area contributed by atoms with Gasteiger partial charge in [0, 0.05) is 30.4 Å². The monoisotopic (exact) mass is 468 g/mol. The van der Waals surface area contributed by atoms with Crippen LogP contribution in [0.25, 0.3) is 0 Å². The number of hydrogen-bond donors (Lipinski definition) is 1. The summed E-state index contributed by atoms with van der Waals surface area (Å²) in [6.07, 6.45) is 12.5. The molecule has 5 rings (SSSR count). The van der Waals surface area contributed by atoms with E-state index in [4.69, 9.17) is 16.3 Å². The first-order valence-corrected chi connectivity index (χ1v) is 12.0. The van der Waals surface area contributed by atoms with Gasteiger partial charge in [0.2, 0.25) is 0 Å². The second kappa shape index (κ2) is 9.21. The molecule has 0 unspecified atom stereocenters. The zero-order valence-electron chi connectivity index (χ0n) is 17.9. The maximum absolute atomic E-state index is 6.63. The topological polar surface area (TPSA) is 76.1 Å². The fourth-order valence-electron chi connectivity index (χ4n) is 4.43. The van der Waals surface area contributed by atoms with Crippen molar-refractivity contribution in [3.8, 4) is 0 Å². The molecule has 3 aromatic rings. The zero-order chi connectivity index (χ0) is 22.0. The van der Waals surface area contributed by atoms with Crippen molar-refractivity contribution >= 4 is 40.7 Å². The molecule has 7 nitrogen and oxygen atoms in total. The predicted octanol–water partition coefficient (Wildman–Crippen LogP) is 5.21. The standard InChI is InChI=1S/C23H25ClN6OS/c1-16-11-23(15-31-16)5-9-30(10-6-23)20-13-28-21(14-27-20)32-18-4-2-3-17(22(18)24)29-19-12-25-7-8-26-19/h2-4,7-8,12-14,16H,5-6,9-11,15H2,1H3,(H,26,29)/t16-/m0/s1. The molecule has 0 amide bonds. The Morgan fingerprint density at radius 2 is 2.00 bits per heavy atom. The minimum atomic E-state index is 0.361. The first-order chi connectivity index (χ1) is 15.6. The van der Waals surface area contributed by atoms with E-state index < -0.39 is 0 Å². The second-order valence-corrected chi connectivity index (χ2v) is 9.90. The zero-order valence-corrected chi connectivity index (χ0v) is 19.4. The van der Waals surface area contributed by atoms with Crippen LogP contribution < -0.4 is 10.2 Å². The molecule has 166 valence electrons. The molecule has 1 aromatic carbocycles. The number of benzene rings is 1. The number of rotatable bonds is 5. The lowest BCUT2D eigenvalue weighted by atomic mass is 9.77. The van der Waals surface area contributed by atoms with Crippen LogP contribution in [0.15, 0.2) is 59.1 Å². The Bertz CT molecular complexity index is 1060. The lowest BCUT2D eigenvalue weighted by molar-refractivity contribution is 0.0976. The molecule has 0 bridgehead atoms. The Labute approximate surface area is 197 Å². The summed E-state index contributed by atoms with van der Waals surface area (Å²) in [6.45, 7) is 5.07. The Morgan fingerprint density at radius 1 is 1.12 bits per heavy atom. The van der Waals surface area contributed by atoms with Crippen molar-refractivity contribution in [2.75, 3.05) is 29.9 Å². The number of ether oxygens (including phenoxy) is 1. The minimum Gasteiger partial charge on any atom is -0.378 e. The molecule has 2 aliphatic heterocycles. The van der Waals surface area contributed by atoms with Crippen LogP contribution in [0, 0.1) is 5.41 Å². The van der Waals surface area contributed by atoms with Crippen LogP contribution in [0.3, 0.4) is 0 Å². The molecule has 4 heterocycles. The number of halogens is 1. The van der Waals surface area contributed by atoms with Gasteiger partial charge >= 0.3 is 0 Å². The largest absolute Gasteiger partial charge is 0.378 e. The lowest BCUT2D eigenvalue weighted by Crippen LogP contribution is -2.41. The van der Waals surface area contributed by atoms with E-state index in [0.717, 1.165) is 54.0 Å². The van der Waals surface area contributed by atoms with Crippen molar-refractivity contribution in [3.63, 3.8) is 0 Å². The Kier molecular flexibility index (Phi) is 6.17. The van der Waals surface area contributed by atoms with Gasteiger partial charge in [-0.25, -0.2) is 15.0 Å². The molecule has 2 saturated heterocycles. The van der Waals surface area contributed by atoms with Crippen molar-refractivity contribution in [3.05, 3.63) is 54.2 Å². The van der Waals surface area contributed by atoms with Gasteiger partial charge in [0.25, 0.3) is 0 Å². The van der Waals surface area contributed by atoms with Gasteiger partial charge in [0.05, 0.1) is 42.0 Å². The Hall–Kier alpha value is -2.42. The lowest BCUT2D eigenvalue weighted by Gasteiger charge is -2.38. The number of anilines is 3. The maximum Gasteiger partial charge on any atom is 0.148 e. The third-order valence-corrected chi connectivity index (χ3v) is 7.66. The van der Waals surface area contributed by atoms with Crippen molar-refractivity contribution < 1.29 is 4.74 Å². The van der Waals surface area contributed by atoms with E-state index in [-0.39, 0.29) is 0 Å². The molecule has 1 atom stereocenters. The molecule has 9 heteroatoms. The highest BCUT2D eigenvalue weighted by molar-refractivity contribution is 7.99. The van der Waals surface area contributed by atoms with Crippen LogP contribution in [0.5, 0.6) is 0 Å². The highest BCUT2D eigenvalue weighted by atomic mass is 35.5. The summed E-state index contributed by atoms with van der Waals surface area (Å²) in [5, 5.41) is 4.62. The molecular weight excluding hydrogens is 444 g/mol. The average molecular weight is 469 g/mol. The summed E-state index contributed by atoms with van der Waals surface area (Å²) >= 11 is 8.13. The van der Waals surface area contributed by atoms with Crippen LogP contribution in [-0.2, 0) is 4.74 Å². The number of aromatic nitrogens is 4. The third-order valence-electron chi connectivity index (χ3n) is 6.16. The molecule has 1 spiro atoms. The summed E-state index contributed by atoms with van der Waals surface area (Å²) in [6, 6.07) is 5.83. The van der Waals surface area contributed by atoms with Gasteiger partial charge in [-0.1, -0.05) is 29.4 Å². The quantitative estimate of drug-likeness (QED) is 0.546. The average Bonchev–Trinajstić information content (AvgIpc) is 3.18. The summed E-state index contributed by atoms with van der Waals surface area (Å²) in [4.78, 5) is 20.9. The summed E-state index contributed by atoms with van der Waals surface area (Å²) < 4.78 is 5.84. The smallest absolute Gasteiger partial charge is 0.148 e. The molecule has 2 aliphatic rings. The van der Waals surface area contributed by atoms with Gasteiger partial charge in [0.1, 0.15) is 16.7 Å². The fourth-order valence-corrected chi connectivity index (χ4v) is 5.50. The van der Waals surface area contributed by atoms with E-state index in [1.807, 2.05) is 30.6 Å². The number of hydrogen-bond acceptors (Lipinski definition) is 8. The van der Waals surface area contributed by atoms with Crippen molar-refractivity contribution in [2.45, 2.75) is 42.2 Å². The van der Waals surface area contributed by atoms with Crippen molar-refractivity contribution in [1.29, 1.82) is 0 Å². The van der Waals surface area contributed by atoms with Crippen LogP contribution >= 0.6 is 23.4 Å². The van der Waals surface area contributed by atoms with Crippen molar-refractivity contribution in [1.82, 2.24) is 19.9 Å². The first-order valence-electron chi connectivity index (χ1n) is 10.8. The van der Waals surface area contributed by atoms with Crippen LogP contribution in [0.1, 0.15) is 26.2 Å². The van der Waals surface area contributed by atoms with E-state index in [0.29, 0.717) is 22.4 Å². The molecule has 2 aromatic heterocycles. The number of nitrogens with zero attached hydrogens (tertiary/aromatic N) is 5. The Balaban J connectivity index is 1.23. The highest BCUT2D eigenvalue weighted by Gasteiger charge is 2.41. The summed E-state index contributed by atoms with van der Waals surface area (Å²) in [7, 11) is 0. The summed E-state index contributed by atoms with van der Waals surface area (Å²) in [5.74, 6) is 1.57. The number of piperidine rings is 1. The predicted molar refractivity (Wildman–Crippen MR) is 127 cm³/mol. The molecule has 0 radical (unpaired) electrons. The molecule has 0 aliphatic carbocycles. The second-order valence-electron chi connectivity index (χ2n) is 8.46. The van der Waals surface area contributed by atoms with E-state index in [1.54, 1.807) is 18.6 Å². The van der Waals surface area contributed by atoms with E-state index in [2.05, 4.69) is 37.1 Å². The number of nitrogens with one attached hydrogen (secondary N) is 1. The highest BCUT2D eigenvalue weighted by Crippen LogP contribution is 2.42. The molecular formula is C23H25ClN6OS. The molecule has 32 heavy (non-hydrogen) atoms. The molecule has 2 fully saturated rings. The van der Waals surface area contributed by atoms with Gasteiger partial charge in [0.15, 0.2) is 0 Å². The van der Waals surface area contributed by atoms with Gasteiger partial charge in [-0.15, -0.1) is 0 Å². The van der Waals surface area contributed by atoms with E-state index >= 15 is 0 Å². The normalized spacial score (nSPS) is 19.9. The third kappa shape index (κ3) is 4.67. The fraction of sp³-hybridized carbons (Fsp3) is 0.391. The van der Waals surface area contributed by atoms with E-state index in [9.17, 15) is 0 Å². The van der Waals surface area contributed by atoms with E-state index in [1.165, 1.54) is 18.2 Å². The van der Waals surface area contributed by atoms with Gasteiger partial charge in [-0.3, -0.25) is 4.98 Å². The van der Waals surface area contributed by atoms with Gasteiger partial charge in [-0.05, 0) is 43.7 Å². The first kappa shape index (κ1) is 21.4. The van der Waals surface area contributed by atoms with Gasteiger partial charge < -0.3 is 15.0 Å². The summed E-state index contributed by atoms with van der Waals surface area (Å²) in [5.41, 5.74) is 1.13. The van der Waals surface area contributed by atoms with Crippen LogP contribution in [-0.4, -0.2) is 45.7 Å². The van der Waals surface area contributed by atoms with Crippen molar-refractivity contribution in [2.24, 2.45) is 5.41 Å². The van der Waals surface area contributed by atoms with Gasteiger partial charge in [-0.2, -0.15) is 0 Å².